The summed E-state index contributed by atoms with van der Waals surface area (Å²) < 4.78 is 0. The molecule has 0 radical (unpaired) electrons. The quantitative estimate of drug-likeness (QED) is 0.704. The van der Waals surface area contributed by atoms with Crippen LogP contribution in [0.5, 0.6) is 0 Å². The van der Waals surface area contributed by atoms with Crippen molar-refractivity contribution in [1.29, 1.82) is 0 Å². The zero-order chi connectivity index (χ0) is 15.4. The van der Waals surface area contributed by atoms with Gasteiger partial charge >= 0.3 is 0 Å². The van der Waals surface area contributed by atoms with E-state index in [2.05, 4.69) is 52.1 Å². The highest BCUT2D eigenvalue weighted by Gasteiger charge is 2.35. The molecule has 1 aliphatic carbocycles. The molecular weight excluding hydrogens is 254 g/mol. The number of hydrogen-bond acceptors (Lipinski definition) is 1. The lowest BCUT2D eigenvalue weighted by atomic mass is 9.82. The van der Waals surface area contributed by atoms with Gasteiger partial charge in [0.15, 0.2) is 0 Å². The predicted octanol–water partition coefficient (Wildman–Crippen LogP) is 5.07. The highest BCUT2D eigenvalue weighted by molar-refractivity contribution is 5.42. The van der Waals surface area contributed by atoms with Crippen molar-refractivity contribution in [2.24, 2.45) is 11.8 Å². The van der Waals surface area contributed by atoms with Gasteiger partial charge in [-0.3, -0.25) is 0 Å². The molecule has 1 aromatic rings. The third kappa shape index (κ3) is 3.69. The molecule has 118 valence electrons. The van der Waals surface area contributed by atoms with E-state index in [1.54, 1.807) is 16.7 Å². The molecule has 21 heavy (non-hydrogen) atoms. The Bertz CT molecular complexity index is 434. The Hall–Kier alpha value is -0.820. The Labute approximate surface area is 131 Å². The Morgan fingerprint density at radius 3 is 1.95 bits per heavy atom. The van der Waals surface area contributed by atoms with Gasteiger partial charge in [0, 0.05) is 6.04 Å². The monoisotopic (exact) mass is 287 g/mol. The molecule has 1 fully saturated rings. The van der Waals surface area contributed by atoms with Gasteiger partial charge in [0.05, 0.1) is 0 Å². The van der Waals surface area contributed by atoms with Gasteiger partial charge in [0.25, 0.3) is 0 Å². The van der Waals surface area contributed by atoms with Crippen molar-refractivity contribution in [3.05, 3.63) is 34.4 Å². The van der Waals surface area contributed by atoms with Gasteiger partial charge in [0.1, 0.15) is 0 Å². The average Bonchev–Trinajstić information content (AvgIpc) is 3.35. The molecule has 1 nitrogen and oxygen atoms in total. The van der Waals surface area contributed by atoms with Gasteiger partial charge < -0.3 is 5.32 Å². The minimum atomic E-state index is 0.540. The van der Waals surface area contributed by atoms with Crippen LogP contribution in [0.4, 0.5) is 0 Å². The lowest BCUT2D eigenvalue weighted by molar-refractivity contribution is 0.352. The van der Waals surface area contributed by atoms with Crippen molar-refractivity contribution < 1.29 is 0 Å². The molecule has 0 heterocycles. The molecule has 1 aliphatic rings. The lowest BCUT2D eigenvalue weighted by Gasteiger charge is -2.30. The molecule has 0 amide bonds. The van der Waals surface area contributed by atoms with E-state index in [4.69, 9.17) is 0 Å². The summed E-state index contributed by atoms with van der Waals surface area (Å²) in [4.78, 5) is 0. The van der Waals surface area contributed by atoms with E-state index >= 15 is 0 Å². The predicted molar refractivity (Wildman–Crippen MR) is 92.9 cm³/mol. The number of aryl methyl sites for hydroxylation is 3. The van der Waals surface area contributed by atoms with Crippen molar-refractivity contribution >= 4 is 0 Å². The third-order valence-corrected chi connectivity index (χ3v) is 5.21. The van der Waals surface area contributed by atoms with Crippen molar-refractivity contribution in [3.8, 4) is 0 Å². The zero-order valence-electron chi connectivity index (χ0n) is 14.6. The molecule has 2 unspecified atom stereocenters. The first-order chi connectivity index (χ1) is 10.2. The van der Waals surface area contributed by atoms with E-state index in [1.165, 1.54) is 18.4 Å². The van der Waals surface area contributed by atoms with Gasteiger partial charge in [-0.1, -0.05) is 46.8 Å². The number of rotatable bonds is 8. The molecule has 1 heteroatoms. The van der Waals surface area contributed by atoms with Gasteiger partial charge in [0.2, 0.25) is 0 Å². The fourth-order valence-electron chi connectivity index (χ4n) is 3.70. The van der Waals surface area contributed by atoms with Crippen LogP contribution in [0.15, 0.2) is 12.1 Å². The maximum absolute atomic E-state index is 3.81. The Morgan fingerprint density at radius 2 is 1.57 bits per heavy atom. The van der Waals surface area contributed by atoms with Crippen molar-refractivity contribution in [2.45, 2.75) is 72.8 Å². The van der Waals surface area contributed by atoms with Crippen LogP contribution < -0.4 is 5.32 Å². The molecular formula is C20H33N. The van der Waals surface area contributed by atoms with Gasteiger partial charge in [-0.25, -0.2) is 0 Å². The molecule has 1 N–H and O–H groups in total. The molecule has 1 aromatic carbocycles. The third-order valence-electron chi connectivity index (χ3n) is 5.21. The highest BCUT2D eigenvalue weighted by Crippen LogP contribution is 2.44. The second kappa shape index (κ2) is 7.45. The van der Waals surface area contributed by atoms with Crippen LogP contribution in [0.3, 0.4) is 0 Å². The van der Waals surface area contributed by atoms with Gasteiger partial charge in [-0.05, 0) is 72.7 Å². The van der Waals surface area contributed by atoms with E-state index < -0.39 is 0 Å². The van der Waals surface area contributed by atoms with Gasteiger partial charge in [-0.2, -0.15) is 0 Å². The standard InChI is InChI=1S/C20H33N/c1-6-15-12-16(7-2)19(17(8-3)13-15)20(21-9-4)14(5)18-10-11-18/h12-14,18,20-21H,6-11H2,1-5H3. The molecule has 2 atom stereocenters. The molecule has 0 saturated heterocycles. The number of nitrogens with one attached hydrogen (secondary N) is 1. The molecule has 0 aliphatic heterocycles. The Morgan fingerprint density at radius 1 is 1.00 bits per heavy atom. The van der Waals surface area contributed by atoms with Crippen LogP contribution in [0.25, 0.3) is 0 Å². The van der Waals surface area contributed by atoms with E-state index in [1.807, 2.05) is 0 Å². The van der Waals surface area contributed by atoms with E-state index in [0.717, 1.165) is 37.6 Å². The highest BCUT2D eigenvalue weighted by atomic mass is 14.9. The fourth-order valence-corrected chi connectivity index (χ4v) is 3.70. The molecule has 2 rings (SSSR count). The minimum Gasteiger partial charge on any atom is -0.310 e. The summed E-state index contributed by atoms with van der Waals surface area (Å²) in [6, 6.07) is 5.45. The second-order valence-corrected chi connectivity index (χ2v) is 6.62. The first-order valence-electron chi connectivity index (χ1n) is 9.04. The summed E-state index contributed by atoms with van der Waals surface area (Å²) in [6.07, 6.45) is 6.30. The smallest absolute Gasteiger partial charge is 0.0354 e. The first-order valence-corrected chi connectivity index (χ1v) is 9.04. The summed E-state index contributed by atoms with van der Waals surface area (Å²) in [5, 5.41) is 3.81. The van der Waals surface area contributed by atoms with Crippen LogP contribution >= 0.6 is 0 Å². The zero-order valence-corrected chi connectivity index (χ0v) is 14.6. The van der Waals surface area contributed by atoms with E-state index in [9.17, 15) is 0 Å². The summed E-state index contributed by atoms with van der Waals surface area (Å²) in [5.74, 6) is 1.70. The normalized spacial score (nSPS) is 17.8. The van der Waals surface area contributed by atoms with E-state index in [-0.39, 0.29) is 0 Å². The Kier molecular flexibility index (Phi) is 5.87. The van der Waals surface area contributed by atoms with Crippen LogP contribution in [-0.4, -0.2) is 6.54 Å². The molecule has 0 aromatic heterocycles. The largest absolute Gasteiger partial charge is 0.310 e. The Balaban J connectivity index is 2.45. The lowest BCUT2D eigenvalue weighted by Crippen LogP contribution is -2.30. The minimum absolute atomic E-state index is 0.540. The number of benzene rings is 1. The van der Waals surface area contributed by atoms with Crippen LogP contribution in [0.1, 0.15) is 75.8 Å². The summed E-state index contributed by atoms with van der Waals surface area (Å²) in [6.45, 7) is 12.6. The van der Waals surface area contributed by atoms with Crippen molar-refractivity contribution in [1.82, 2.24) is 5.32 Å². The maximum atomic E-state index is 3.81. The van der Waals surface area contributed by atoms with Crippen molar-refractivity contribution in [3.63, 3.8) is 0 Å². The SMILES string of the molecule is CCNC(c1c(CC)cc(CC)cc1CC)C(C)C1CC1. The second-order valence-electron chi connectivity index (χ2n) is 6.62. The molecule has 0 spiro atoms. The number of hydrogen-bond donors (Lipinski definition) is 1. The molecule has 0 bridgehead atoms. The fraction of sp³-hybridized carbons (Fsp3) is 0.700. The molecule has 1 saturated carbocycles. The summed E-state index contributed by atoms with van der Waals surface area (Å²) >= 11 is 0. The van der Waals surface area contributed by atoms with Crippen molar-refractivity contribution in [2.75, 3.05) is 6.54 Å². The topological polar surface area (TPSA) is 12.0 Å². The van der Waals surface area contributed by atoms with Crippen LogP contribution in [0, 0.1) is 11.8 Å². The maximum Gasteiger partial charge on any atom is 0.0354 e. The average molecular weight is 287 g/mol. The van der Waals surface area contributed by atoms with E-state index in [0.29, 0.717) is 6.04 Å². The summed E-state index contributed by atoms with van der Waals surface area (Å²) in [5.41, 5.74) is 6.27. The van der Waals surface area contributed by atoms with Gasteiger partial charge in [-0.15, -0.1) is 0 Å². The summed E-state index contributed by atoms with van der Waals surface area (Å²) in [7, 11) is 0. The first kappa shape index (κ1) is 16.5. The van der Waals surface area contributed by atoms with Crippen LogP contribution in [0.2, 0.25) is 0 Å². The van der Waals surface area contributed by atoms with Crippen LogP contribution in [-0.2, 0) is 19.3 Å².